The van der Waals surface area contributed by atoms with Gasteiger partial charge in [-0.3, -0.25) is 0 Å². The molecule has 1 aromatic rings. The van der Waals surface area contributed by atoms with Crippen LogP contribution in [0.1, 0.15) is 6.92 Å². The van der Waals surface area contributed by atoms with Gasteiger partial charge in [0.05, 0.1) is 19.3 Å². The number of nitrogens with two attached hydrogens (primary N) is 1. The number of carbonyl (C=O) groups is 1. The van der Waals surface area contributed by atoms with Crippen LogP contribution in [0.2, 0.25) is 0 Å². The number of benzene rings is 1. The Morgan fingerprint density at radius 2 is 2.35 bits per heavy atom. The normalized spacial score (nSPS) is 22.4. The van der Waals surface area contributed by atoms with Crippen LogP contribution in [-0.2, 0) is 4.74 Å². The maximum Gasteiger partial charge on any atom is 0.322 e. The molecule has 0 saturated carbocycles. The molecular formula is C14H21N3O3. The van der Waals surface area contributed by atoms with Crippen molar-refractivity contribution in [1.29, 1.82) is 0 Å². The molecule has 20 heavy (non-hydrogen) atoms. The Morgan fingerprint density at radius 1 is 1.55 bits per heavy atom. The van der Waals surface area contributed by atoms with Crippen molar-refractivity contribution >= 4 is 11.7 Å². The van der Waals surface area contributed by atoms with Crippen LogP contribution in [0.15, 0.2) is 24.3 Å². The highest BCUT2D eigenvalue weighted by molar-refractivity contribution is 5.89. The topological polar surface area (TPSA) is 76.8 Å². The fourth-order valence-corrected chi connectivity index (χ4v) is 2.24. The van der Waals surface area contributed by atoms with Gasteiger partial charge in [0.25, 0.3) is 0 Å². The predicted molar refractivity (Wildman–Crippen MR) is 77.0 cm³/mol. The van der Waals surface area contributed by atoms with E-state index in [0.717, 1.165) is 0 Å². The summed E-state index contributed by atoms with van der Waals surface area (Å²) in [6.45, 7) is 3.42. The lowest BCUT2D eigenvalue weighted by atomic mass is 10.2. The molecule has 1 heterocycles. The third-order valence-corrected chi connectivity index (χ3v) is 3.20. The molecule has 1 aromatic carbocycles. The molecule has 1 aliphatic rings. The second kappa shape index (κ2) is 6.58. The van der Waals surface area contributed by atoms with Crippen molar-refractivity contribution in [3.8, 4) is 5.75 Å². The highest BCUT2D eigenvalue weighted by atomic mass is 16.5. The smallest absolute Gasteiger partial charge is 0.322 e. The first-order chi connectivity index (χ1) is 9.62. The van der Waals surface area contributed by atoms with Crippen LogP contribution >= 0.6 is 0 Å². The highest BCUT2D eigenvalue weighted by Gasteiger charge is 2.27. The fraction of sp³-hybridized carbons (Fsp3) is 0.500. The Hall–Kier alpha value is -1.79. The lowest BCUT2D eigenvalue weighted by Crippen LogP contribution is -2.52. The molecule has 1 fully saturated rings. The van der Waals surface area contributed by atoms with Gasteiger partial charge in [-0.25, -0.2) is 4.79 Å². The minimum atomic E-state index is -0.146. The lowest BCUT2D eigenvalue weighted by molar-refractivity contribution is -0.0573. The zero-order chi connectivity index (χ0) is 14.5. The third-order valence-electron chi connectivity index (χ3n) is 3.20. The summed E-state index contributed by atoms with van der Waals surface area (Å²) < 4.78 is 10.8. The van der Waals surface area contributed by atoms with Gasteiger partial charge in [-0.05, 0) is 19.1 Å². The molecule has 2 unspecified atom stereocenters. The van der Waals surface area contributed by atoms with E-state index in [2.05, 4.69) is 5.32 Å². The Balaban J connectivity index is 2.00. The van der Waals surface area contributed by atoms with Gasteiger partial charge in [-0.2, -0.15) is 0 Å². The first-order valence-electron chi connectivity index (χ1n) is 6.68. The van der Waals surface area contributed by atoms with Gasteiger partial charge < -0.3 is 25.4 Å². The number of anilines is 1. The molecule has 3 N–H and O–H groups in total. The van der Waals surface area contributed by atoms with Gasteiger partial charge in [0.15, 0.2) is 0 Å². The van der Waals surface area contributed by atoms with Gasteiger partial charge in [-0.1, -0.05) is 6.07 Å². The summed E-state index contributed by atoms with van der Waals surface area (Å²) in [5.41, 5.74) is 6.32. The summed E-state index contributed by atoms with van der Waals surface area (Å²) >= 11 is 0. The van der Waals surface area contributed by atoms with E-state index in [-0.39, 0.29) is 18.2 Å². The van der Waals surface area contributed by atoms with E-state index in [1.54, 1.807) is 18.1 Å². The van der Waals surface area contributed by atoms with Crippen molar-refractivity contribution in [1.82, 2.24) is 4.90 Å². The van der Waals surface area contributed by atoms with E-state index in [1.807, 2.05) is 25.1 Å². The number of ether oxygens (including phenoxy) is 2. The molecular weight excluding hydrogens is 258 g/mol. The number of methoxy groups -OCH3 is 1. The summed E-state index contributed by atoms with van der Waals surface area (Å²) in [4.78, 5) is 14.0. The van der Waals surface area contributed by atoms with E-state index in [4.69, 9.17) is 15.2 Å². The largest absolute Gasteiger partial charge is 0.497 e. The Morgan fingerprint density at radius 3 is 3.05 bits per heavy atom. The van der Waals surface area contributed by atoms with Gasteiger partial charge >= 0.3 is 6.03 Å². The summed E-state index contributed by atoms with van der Waals surface area (Å²) in [5.74, 6) is 0.706. The SMILES string of the molecule is COc1cccc(NC(=O)N2CC(C)OC(CN)C2)c1. The molecule has 0 aromatic heterocycles. The highest BCUT2D eigenvalue weighted by Crippen LogP contribution is 2.18. The molecule has 0 spiro atoms. The average molecular weight is 279 g/mol. The lowest BCUT2D eigenvalue weighted by Gasteiger charge is -2.36. The summed E-state index contributed by atoms with van der Waals surface area (Å²) in [7, 11) is 1.59. The molecule has 1 saturated heterocycles. The first kappa shape index (κ1) is 14.6. The minimum absolute atomic E-state index is 0.00615. The van der Waals surface area contributed by atoms with E-state index >= 15 is 0 Å². The molecule has 0 radical (unpaired) electrons. The van der Waals surface area contributed by atoms with Crippen LogP contribution in [0.3, 0.4) is 0 Å². The number of hydrogen-bond acceptors (Lipinski definition) is 4. The van der Waals surface area contributed by atoms with Crippen LogP contribution in [-0.4, -0.2) is 49.9 Å². The zero-order valence-electron chi connectivity index (χ0n) is 11.8. The number of nitrogens with zero attached hydrogens (tertiary/aromatic N) is 1. The standard InChI is InChI=1S/C14H21N3O3/c1-10-8-17(9-13(7-15)20-10)14(18)16-11-4-3-5-12(6-11)19-2/h3-6,10,13H,7-9,15H2,1-2H3,(H,16,18). The van der Waals surface area contributed by atoms with Gasteiger partial charge in [-0.15, -0.1) is 0 Å². The Kier molecular flexibility index (Phi) is 4.81. The molecule has 0 aliphatic carbocycles. The minimum Gasteiger partial charge on any atom is -0.497 e. The number of carbonyl (C=O) groups excluding carboxylic acids is 1. The maximum atomic E-state index is 12.3. The molecule has 1 aliphatic heterocycles. The van der Waals surface area contributed by atoms with Gasteiger partial charge in [0.2, 0.25) is 0 Å². The third kappa shape index (κ3) is 3.61. The second-order valence-corrected chi connectivity index (χ2v) is 4.87. The molecule has 2 atom stereocenters. The van der Waals surface area contributed by atoms with Crippen molar-refractivity contribution in [3.05, 3.63) is 24.3 Å². The van der Waals surface area contributed by atoms with Gasteiger partial charge in [0.1, 0.15) is 5.75 Å². The predicted octanol–water partition coefficient (Wildman–Crippen LogP) is 1.28. The number of urea groups is 1. The van der Waals surface area contributed by atoms with Crippen LogP contribution in [0.25, 0.3) is 0 Å². The number of nitrogens with one attached hydrogen (secondary N) is 1. The number of amides is 2. The Bertz CT molecular complexity index is 467. The maximum absolute atomic E-state index is 12.3. The zero-order valence-corrected chi connectivity index (χ0v) is 11.8. The van der Waals surface area contributed by atoms with Crippen molar-refractivity contribution < 1.29 is 14.3 Å². The quantitative estimate of drug-likeness (QED) is 0.873. The molecule has 2 rings (SSSR count). The van der Waals surface area contributed by atoms with Crippen molar-refractivity contribution in [2.24, 2.45) is 5.73 Å². The molecule has 2 amide bonds. The monoisotopic (exact) mass is 279 g/mol. The Labute approximate surface area is 118 Å². The summed E-state index contributed by atoms with van der Waals surface area (Å²) in [6, 6.07) is 7.12. The molecule has 6 heteroatoms. The van der Waals surface area contributed by atoms with Crippen molar-refractivity contribution in [3.63, 3.8) is 0 Å². The van der Waals surface area contributed by atoms with E-state index in [9.17, 15) is 4.79 Å². The molecule has 6 nitrogen and oxygen atoms in total. The van der Waals surface area contributed by atoms with E-state index in [0.29, 0.717) is 31.1 Å². The number of morpholine rings is 1. The van der Waals surface area contributed by atoms with Gasteiger partial charge in [0, 0.05) is 31.4 Å². The van der Waals surface area contributed by atoms with Crippen LogP contribution in [0.5, 0.6) is 5.75 Å². The average Bonchev–Trinajstić information content (AvgIpc) is 2.46. The van der Waals surface area contributed by atoms with Crippen molar-refractivity contribution in [2.45, 2.75) is 19.1 Å². The van der Waals surface area contributed by atoms with E-state index in [1.165, 1.54) is 0 Å². The second-order valence-electron chi connectivity index (χ2n) is 4.87. The number of hydrogen-bond donors (Lipinski definition) is 2. The van der Waals surface area contributed by atoms with Crippen molar-refractivity contribution in [2.75, 3.05) is 32.1 Å². The summed E-state index contributed by atoms with van der Waals surface area (Å²) in [5, 5.41) is 2.86. The fourth-order valence-electron chi connectivity index (χ4n) is 2.24. The van der Waals surface area contributed by atoms with Crippen LogP contribution in [0, 0.1) is 0 Å². The molecule has 110 valence electrons. The molecule has 0 bridgehead atoms. The van der Waals surface area contributed by atoms with E-state index < -0.39 is 0 Å². The first-order valence-corrected chi connectivity index (χ1v) is 6.68. The van der Waals surface area contributed by atoms with Crippen LogP contribution < -0.4 is 15.8 Å². The summed E-state index contributed by atoms with van der Waals surface area (Å²) in [6.07, 6.45) is -0.108. The number of rotatable bonds is 3. The van der Waals surface area contributed by atoms with Crippen LogP contribution in [0.4, 0.5) is 10.5 Å².